The Morgan fingerprint density at radius 1 is 1.03 bits per heavy atom. The van der Waals surface area contributed by atoms with E-state index < -0.39 is 12.3 Å². The van der Waals surface area contributed by atoms with Crippen LogP contribution in [0, 0.1) is 0 Å². The molecule has 39 heavy (non-hydrogen) atoms. The summed E-state index contributed by atoms with van der Waals surface area (Å²) in [5, 5.41) is 21.6. The smallest absolute Gasteiger partial charge is 0.303 e. The van der Waals surface area contributed by atoms with Crippen molar-refractivity contribution in [3.63, 3.8) is 0 Å². The number of nitrogens with zero attached hydrogens (tertiary/aromatic N) is 2. The number of benzene rings is 2. The fourth-order valence-corrected chi connectivity index (χ4v) is 4.76. The van der Waals surface area contributed by atoms with Gasteiger partial charge in [-0.05, 0) is 36.1 Å². The molecule has 3 aromatic rings. The minimum absolute atomic E-state index is 0.0408. The molecule has 1 saturated heterocycles. The molecule has 2 aromatic carbocycles. The number of rotatable bonds is 12. The molecule has 3 unspecified atom stereocenters. The maximum absolute atomic E-state index is 12.4. The van der Waals surface area contributed by atoms with Crippen molar-refractivity contribution in [2.45, 2.75) is 70.2 Å². The number of unbranched alkanes of at least 4 members (excludes halogenated alkanes) is 2. The van der Waals surface area contributed by atoms with Gasteiger partial charge >= 0.3 is 5.97 Å². The van der Waals surface area contributed by atoms with E-state index in [9.17, 15) is 14.7 Å². The lowest BCUT2D eigenvalue weighted by molar-refractivity contribution is -0.252. The third-order valence-electron chi connectivity index (χ3n) is 6.49. The number of imidazole rings is 1. The van der Waals surface area contributed by atoms with E-state index in [1.807, 2.05) is 42.5 Å². The van der Waals surface area contributed by atoms with E-state index in [0.29, 0.717) is 49.5 Å². The first-order valence-electron chi connectivity index (χ1n) is 12.8. The van der Waals surface area contributed by atoms with Crippen LogP contribution >= 0.6 is 23.2 Å². The fraction of sp³-hybridized carbons (Fsp3) is 0.393. The fourth-order valence-electron chi connectivity index (χ4n) is 4.45. The number of carbonyl (C=O) groups excluding carboxylic acids is 1. The van der Waals surface area contributed by atoms with Crippen molar-refractivity contribution < 1.29 is 29.3 Å². The number of ether oxygens (including phenoxy) is 2. The molecule has 2 heterocycles. The summed E-state index contributed by atoms with van der Waals surface area (Å²) in [6.45, 7) is 0.378. The third kappa shape index (κ3) is 8.27. The number of hydrogen-bond acceptors (Lipinski definition) is 6. The number of aromatic nitrogens is 2. The number of amides is 1. The first kappa shape index (κ1) is 29.0. The van der Waals surface area contributed by atoms with Gasteiger partial charge in [0.15, 0.2) is 11.4 Å². The number of aliphatic hydroxyl groups excluding tert-OH is 1. The van der Waals surface area contributed by atoms with E-state index in [1.165, 1.54) is 0 Å². The summed E-state index contributed by atoms with van der Waals surface area (Å²) in [7, 11) is 0. The molecule has 11 heteroatoms. The largest absolute Gasteiger partial charge is 0.481 e. The first-order valence-corrected chi connectivity index (χ1v) is 13.6. The number of carboxylic acids is 1. The average molecular weight is 576 g/mol. The maximum atomic E-state index is 12.4. The summed E-state index contributed by atoms with van der Waals surface area (Å²) in [6, 6.07) is 14.9. The van der Waals surface area contributed by atoms with Crippen molar-refractivity contribution in [1.82, 2.24) is 9.55 Å². The highest BCUT2D eigenvalue weighted by atomic mass is 35.5. The first-order chi connectivity index (χ1) is 18.8. The van der Waals surface area contributed by atoms with Gasteiger partial charge in [0.05, 0.1) is 31.7 Å². The number of halogens is 2. The molecule has 3 atom stereocenters. The second kappa shape index (κ2) is 13.9. The Morgan fingerprint density at radius 2 is 1.79 bits per heavy atom. The molecule has 4 rings (SSSR count). The van der Waals surface area contributed by atoms with Gasteiger partial charge in [0.1, 0.15) is 5.15 Å². The Labute approximate surface area is 236 Å². The van der Waals surface area contributed by atoms with Crippen molar-refractivity contribution in [2.75, 3.05) is 5.32 Å². The molecular formula is C28H31Cl2N3O6. The van der Waals surface area contributed by atoms with Crippen LogP contribution in [0.4, 0.5) is 5.69 Å². The number of carbonyl (C=O) groups is 2. The van der Waals surface area contributed by atoms with Crippen LogP contribution in [0.25, 0.3) is 0 Å². The molecule has 0 spiro atoms. The molecule has 1 fully saturated rings. The molecule has 1 amide bonds. The van der Waals surface area contributed by atoms with E-state index in [-0.39, 0.29) is 36.3 Å². The molecule has 208 valence electrons. The van der Waals surface area contributed by atoms with Crippen LogP contribution in [0.1, 0.15) is 67.6 Å². The lowest BCUT2D eigenvalue weighted by Gasteiger charge is -2.36. The van der Waals surface area contributed by atoms with Crippen LogP contribution in [-0.4, -0.2) is 37.7 Å². The molecule has 9 nitrogen and oxygen atoms in total. The highest BCUT2D eigenvalue weighted by molar-refractivity contribution is 6.40. The lowest BCUT2D eigenvalue weighted by Crippen LogP contribution is -2.32. The number of aliphatic carboxylic acids is 1. The van der Waals surface area contributed by atoms with Gasteiger partial charge in [0, 0.05) is 30.5 Å². The van der Waals surface area contributed by atoms with Crippen LogP contribution < -0.4 is 5.32 Å². The zero-order valence-corrected chi connectivity index (χ0v) is 22.8. The van der Waals surface area contributed by atoms with Crippen LogP contribution in [0.15, 0.2) is 54.9 Å². The zero-order valence-electron chi connectivity index (χ0n) is 21.3. The molecule has 0 aliphatic carbocycles. The second-order valence-electron chi connectivity index (χ2n) is 9.46. The Bertz CT molecular complexity index is 1270. The summed E-state index contributed by atoms with van der Waals surface area (Å²) in [6.07, 6.45) is 3.11. The summed E-state index contributed by atoms with van der Waals surface area (Å²) >= 11 is 12.3. The molecular weight excluding hydrogens is 545 g/mol. The minimum Gasteiger partial charge on any atom is -0.481 e. The summed E-state index contributed by atoms with van der Waals surface area (Å²) in [4.78, 5) is 27.1. The maximum Gasteiger partial charge on any atom is 0.303 e. The normalized spacial score (nSPS) is 19.1. The van der Waals surface area contributed by atoms with Gasteiger partial charge in [0.25, 0.3) is 0 Å². The van der Waals surface area contributed by atoms with E-state index >= 15 is 0 Å². The van der Waals surface area contributed by atoms with Crippen molar-refractivity contribution in [1.29, 1.82) is 0 Å². The average Bonchev–Trinajstić information content (AvgIpc) is 3.25. The van der Waals surface area contributed by atoms with Crippen molar-refractivity contribution in [3.8, 4) is 0 Å². The number of nitrogens with one attached hydrogen (secondary N) is 1. The van der Waals surface area contributed by atoms with Gasteiger partial charge in [-0.25, -0.2) is 4.98 Å². The topological polar surface area (TPSA) is 123 Å². The Morgan fingerprint density at radius 3 is 2.49 bits per heavy atom. The highest BCUT2D eigenvalue weighted by Crippen LogP contribution is 2.39. The van der Waals surface area contributed by atoms with E-state index in [2.05, 4.69) is 10.3 Å². The molecule has 3 N–H and O–H groups in total. The summed E-state index contributed by atoms with van der Waals surface area (Å²) in [5.41, 5.74) is 3.12. The van der Waals surface area contributed by atoms with E-state index in [1.54, 1.807) is 17.0 Å². The predicted molar refractivity (Wildman–Crippen MR) is 146 cm³/mol. The molecule has 1 aliphatic heterocycles. The minimum atomic E-state index is -0.827. The van der Waals surface area contributed by atoms with Crippen molar-refractivity contribution >= 4 is 40.8 Å². The zero-order chi connectivity index (χ0) is 27.8. The molecule has 0 bridgehead atoms. The van der Waals surface area contributed by atoms with Gasteiger partial charge in [-0.1, -0.05) is 66.0 Å². The quantitative estimate of drug-likeness (QED) is 0.230. The second-order valence-corrected chi connectivity index (χ2v) is 10.2. The third-order valence-corrected chi connectivity index (χ3v) is 7.25. The van der Waals surface area contributed by atoms with Gasteiger partial charge in [-0.2, -0.15) is 0 Å². The Balaban J connectivity index is 1.46. The molecule has 0 saturated carbocycles. The molecule has 1 aromatic heterocycles. The summed E-state index contributed by atoms with van der Waals surface area (Å²) in [5.74, 6) is -0.966. The Hall–Kier alpha value is -2.95. The molecule has 0 radical (unpaired) electrons. The van der Waals surface area contributed by atoms with E-state index in [4.69, 9.17) is 37.8 Å². The number of carboxylic acid groups (broad SMARTS) is 1. The van der Waals surface area contributed by atoms with E-state index in [0.717, 1.165) is 16.7 Å². The van der Waals surface area contributed by atoms with Gasteiger partial charge in [-0.15, -0.1) is 0 Å². The lowest BCUT2D eigenvalue weighted by atomic mass is 10.00. The summed E-state index contributed by atoms with van der Waals surface area (Å²) < 4.78 is 14.4. The number of anilines is 1. The highest BCUT2D eigenvalue weighted by Gasteiger charge is 2.33. The molecule has 1 aliphatic rings. The van der Waals surface area contributed by atoms with Crippen molar-refractivity contribution in [2.24, 2.45) is 0 Å². The van der Waals surface area contributed by atoms with Crippen LogP contribution in [0.2, 0.25) is 10.3 Å². The van der Waals surface area contributed by atoms with Gasteiger partial charge in [-0.3, -0.25) is 9.59 Å². The number of hydrogen-bond donors (Lipinski definition) is 3. The van der Waals surface area contributed by atoms with Crippen LogP contribution in [-0.2, 0) is 32.2 Å². The number of aliphatic hydroxyl groups is 1. The predicted octanol–water partition coefficient (Wildman–Crippen LogP) is 5.90. The monoisotopic (exact) mass is 575 g/mol. The van der Waals surface area contributed by atoms with Gasteiger partial charge < -0.3 is 29.6 Å². The standard InChI is InChI=1S/C28H31Cl2N3O6/c29-26-27(30)33(17-31-26)15-22-14-23(19-11-9-18(16-34)10-12-19)39-28(38-22)20-5-4-6-21(13-20)32-24(35)7-2-1-3-8-25(36)37/h4-6,9-13,17,22-23,28,34H,1-3,7-8,14-16H2,(H,32,35)(H,36,37). The Kier molecular flexibility index (Phi) is 10.4. The van der Waals surface area contributed by atoms with Crippen LogP contribution in [0.5, 0.6) is 0 Å². The van der Waals surface area contributed by atoms with Crippen molar-refractivity contribution in [3.05, 3.63) is 81.9 Å². The van der Waals surface area contributed by atoms with Gasteiger partial charge in [0.2, 0.25) is 5.91 Å². The SMILES string of the molecule is O=C(O)CCCCCC(=O)Nc1cccc(C2OC(Cn3cnc(Cl)c3Cl)CC(c3ccc(CO)cc3)O2)c1. The van der Waals surface area contributed by atoms with Crippen LogP contribution in [0.3, 0.4) is 0 Å².